The lowest BCUT2D eigenvalue weighted by molar-refractivity contribution is -0.142. The van der Waals surface area contributed by atoms with Gasteiger partial charge in [0.25, 0.3) is 0 Å². The molecule has 15 N–H and O–H groups in total. The van der Waals surface area contributed by atoms with Gasteiger partial charge in [0.05, 0.1) is 67.5 Å². The third-order valence-electron chi connectivity index (χ3n) is 17.6. The van der Waals surface area contributed by atoms with Crippen LogP contribution in [0.15, 0.2) is 0 Å². The summed E-state index contributed by atoms with van der Waals surface area (Å²) in [5.74, 6) is -4.04. The van der Waals surface area contributed by atoms with Crippen LogP contribution in [0.3, 0.4) is 0 Å². The third-order valence-corrected chi connectivity index (χ3v) is 18.3. The lowest BCUT2D eigenvalue weighted by atomic mass is 9.79. The van der Waals surface area contributed by atoms with Crippen LogP contribution < -0.4 is 21.3 Å². The van der Waals surface area contributed by atoms with Crippen molar-refractivity contribution >= 4 is 54.6 Å². The van der Waals surface area contributed by atoms with Crippen molar-refractivity contribution in [3.05, 3.63) is 0 Å². The van der Waals surface area contributed by atoms with Crippen LogP contribution in [0, 0.1) is 17.8 Å². The van der Waals surface area contributed by atoms with E-state index in [9.17, 15) is 98.9 Å². The topological polar surface area (TPSA) is 468 Å². The van der Waals surface area contributed by atoms with Gasteiger partial charge in [0.2, 0.25) is 35.4 Å². The van der Waals surface area contributed by atoms with Crippen LogP contribution in [-0.2, 0) is 61.7 Å². The van der Waals surface area contributed by atoms with Gasteiger partial charge >= 0.3 is 7.60 Å². The average Bonchev–Trinajstić information content (AvgIpc) is 0.839. The molecule has 0 radical (unpaired) electrons. The quantitative estimate of drug-likeness (QED) is 0.0250. The molecule has 544 valence electrons. The highest BCUT2D eigenvalue weighted by Gasteiger charge is 2.47. The first kappa shape index (κ1) is 84.0. The zero-order valence-electron chi connectivity index (χ0n) is 55.6. The predicted octanol–water partition coefficient (Wildman–Crippen LogP) is -1.24. The number of ether oxygens (including phenoxy) is 3. The molecule has 0 aromatic carbocycles. The molecule has 94 heavy (non-hydrogen) atoms. The number of rotatable bonds is 48. The number of carbonyl (C=O) groups is 8. The number of unbranched alkanes of at least 4 members (excludes halogenated alkanes) is 5. The Labute approximate surface area is 552 Å². The number of nitrogens with zero attached hydrogens (tertiary/aromatic N) is 2. The Hall–Kier alpha value is -4.21. The monoisotopic (exact) mass is 1370 g/mol. The number of nitrogens with one attached hydrogen (secondary N) is 4. The number of Topliss-reactive ketones (excluding diaryl/α,β-unsaturated/α-hetero) is 2. The zero-order valence-corrected chi connectivity index (χ0v) is 56.4. The van der Waals surface area contributed by atoms with E-state index >= 15 is 0 Å². The molecule has 0 heterocycles. The molecule has 0 aliphatic heterocycles. The maximum atomic E-state index is 14.1. The average molecular weight is 1370 g/mol. The Balaban J connectivity index is 1.63. The van der Waals surface area contributed by atoms with Gasteiger partial charge in [-0.3, -0.25) is 42.9 Å². The van der Waals surface area contributed by atoms with Crippen molar-refractivity contribution in [1.82, 2.24) is 31.1 Å². The van der Waals surface area contributed by atoms with Gasteiger partial charge < -0.3 is 106 Å². The zero-order chi connectivity index (χ0) is 69.9. The molecule has 3 aliphatic rings. The van der Waals surface area contributed by atoms with E-state index < -0.39 is 135 Å². The fraction of sp³-hybridized carbons (Fsp3) is 0.873. The highest BCUT2D eigenvalue weighted by atomic mass is 31.2. The van der Waals surface area contributed by atoms with E-state index in [2.05, 4.69) is 21.3 Å². The molecule has 3 fully saturated rings. The van der Waals surface area contributed by atoms with Crippen LogP contribution in [0.25, 0.3) is 0 Å². The van der Waals surface area contributed by atoms with Crippen molar-refractivity contribution < 1.29 is 118 Å². The number of amides is 6. The summed E-state index contributed by atoms with van der Waals surface area (Å²) < 4.78 is 34.2. The summed E-state index contributed by atoms with van der Waals surface area (Å²) in [4.78, 5) is 115. The highest BCUT2D eigenvalue weighted by Crippen LogP contribution is 2.37. The molecule has 8 unspecified atom stereocenters. The van der Waals surface area contributed by atoms with Crippen LogP contribution >= 0.6 is 7.60 Å². The second-order valence-corrected chi connectivity index (χ2v) is 27.5. The Morgan fingerprint density at radius 1 is 0.468 bits per heavy atom. The van der Waals surface area contributed by atoms with Gasteiger partial charge in [-0.1, -0.05) is 0 Å². The van der Waals surface area contributed by atoms with Gasteiger partial charge in [-0.15, -0.1) is 0 Å². The van der Waals surface area contributed by atoms with Gasteiger partial charge in [-0.2, -0.15) is 0 Å². The summed E-state index contributed by atoms with van der Waals surface area (Å²) in [6.07, 6.45) is -4.34. The lowest BCUT2D eigenvalue weighted by Crippen LogP contribution is -2.61. The van der Waals surface area contributed by atoms with Crippen molar-refractivity contribution in [2.75, 3.05) is 85.6 Å². The van der Waals surface area contributed by atoms with E-state index in [1.165, 1.54) is 20.8 Å². The van der Waals surface area contributed by atoms with Crippen LogP contribution in [-0.4, -0.2) is 278 Å². The van der Waals surface area contributed by atoms with E-state index in [1.54, 1.807) is 9.80 Å². The van der Waals surface area contributed by atoms with Gasteiger partial charge in [-0.25, -0.2) is 0 Å². The first-order valence-corrected chi connectivity index (χ1v) is 35.7. The smallest absolute Gasteiger partial charge is 0.325 e. The molecule has 3 rings (SSSR count). The Morgan fingerprint density at radius 3 is 1.20 bits per heavy atom. The van der Waals surface area contributed by atoms with E-state index in [1.807, 2.05) is 0 Å². The Morgan fingerprint density at radius 2 is 0.809 bits per heavy atom. The number of aliphatic hydroxyl groups excluding tert-OH is 10. The van der Waals surface area contributed by atoms with Crippen molar-refractivity contribution in [3.8, 4) is 0 Å². The SMILES string of the molecule is CC(=O)N[C@H]1C(O)[C@@H](O)C(CO)C[C@H]1OCCCCC(=O)CCCCN(CCCN(CCCNC(=O)CCCCO[C@@H]1CC(CO)[C@H](O)C(O)[C@@H]1NC(C)=O)C(=O)CCCCC(=O)CCC(O)COP(C)(=O)O)C(=O)CCCCO[C@@H]1CC(CO)[C@H](O)C(O)[C@@H]1NC(C)=O. The molecule has 0 aromatic rings. The minimum Gasteiger partial charge on any atom is -0.396 e. The van der Waals surface area contributed by atoms with Gasteiger partial charge in [0.1, 0.15) is 29.9 Å². The minimum absolute atomic E-state index is 0.00553. The van der Waals surface area contributed by atoms with Crippen molar-refractivity contribution in [2.45, 2.75) is 248 Å². The summed E-state index contributed by atoms with van der Waals surface area (Å²) in [7, 11) is -3.81. The maximum Gasteiger partial charge on any atom is 0.325 e. The standard InChI is InChI=1S/C63H113N6O24P/c1-40(73)65-55-49(33-43(36-70)58(82)61(55)85)90-30-12-8-19-46(76)18-7-11-26-68(54(81)22-10-14-32-92-51-35-45(38-72)60(84)63(87)57(51)67-42(3)75)28-16-29-69(53(80)21-6-5-17-47(77)23-24-48(78)39-93-94(4,88)89)27-15-25-64-52(79)20-9-13-31-91-50-34-44(37-71)59(83)62(86)56(50)66-41(2)74/h43-45,48-51,55-63,70-72,78,82-87H,5-39H2,1-4H3,(H,64,79)(H,65,73)(H,66,74)(H,67,75)(H,88,89)/t43?,44?,45?,48?,49-,50-,51-,55-,56-,57-,58+,59+,60+,61?,62?,63?/m1/s1. The second-order valence-electron chi connectivity index (χ2n) is 25.6. The third kappa shape index (κ3) is 32.0. The van der Waals surface area contributed by atoms with Crippen LogP contribution in [0.2, 0.25) is 0 Å². The molecular weight excluding hydrogens is 1260 g/mol. The first-order chi connectivity index (χ1) is 44.6. The highest BCUT2D eigenvalue weighted by molar-refractivity contribution is 7.51. The lowest BCUT2D eigenvalue weighted by Gasteiger charge is -2.42. The summed E-state index contributed by atoms with van der Waals surface area (Å²) in [5.41, 5.74) is 0. The number of carbonyl (C=O) groups excluding carboxylic acids is 8. The fourth-order valence-corrected chi connectivity index (χ4v) is 12.7. The summed E-state index contributed by atoms with van der Waals surface area (Å²) in [5, 5.41) is 114. The Bertz CT molecular complexity index is 2330. The van der Waals surface area contributed by atoms with Gasteiger partial charge in [0, 0.05) is 163 Å². The number of hydrogen-bond donors (Lipinski definition) is 15. The number of aliphatic hydroxyl groups is 10. The molecule has 6 amide bonds. The molecule has 0 bridgehead atoms. The summed E-state index contributed by atoms with van der Waals surface area (Å²) in [6, 6.07) is -2.69. The molecular formula is C63H113N6O24P. The van der Waals surface area contributed by atoms with Crippen LogP contribution in [0.5, 0.6) is 0 Å². The first-order valence-electron chi connectivity index (χ1n) is 33.7. The van der Waals surface area contributed by atoms with E-state index in [0.717, 1.165) is 6.66 Å². The summed E-state index contributed by atoms with van der Waals surface area (Å²) >= 11 is 0. The second kappa shape index (κ2) is 45.4. The maximum absolute atomic E-state index is 14.1. The molecule has 3 aliphatic carbocycles. The van der Waals surface area contributed by atoms with Crippen molar-refractivity contribution in [1.29, 1.82) is 0 Å². The van der Waals surface area contributed by atoms with E-state index in [0.29, 0.717) is 83.6 Å². The Kier molecular flexibility index (Phi) is 40.6. The molecule has 31 heteroatoms. The van der Waals surface area contributed by atoms with Crippen LogP contribution in [0.1, 0.15) is 168 Å². The van der Waals surface area contributed by atoms with E-state index in [-0.39, 0.29) is 159 Å². The van der Waals surface area contributed by atoms with Crippen molar-refractivity contribution in [3.63, 3.8) is 0 Å². The largest absolute Gasteiger partial charge is 0.396 e. The number of hydrogen-bond acceptors (Lipinski definition) is 23. The molecule has 0 spiro atoms. The van der Waals surface area contributed by atoms with E-state index in [4.69, 9.17) is 18.7 Å². The number of ketones is 2. The van der Waals surface area contributed by atoms with Crippen LogP contribution in [0.4, 0.5) is 0 Å². The van der Waals surface area contributed by atoms with Crippen molar-refractivity contribution in [2.24, 2.45) is 17.8 Å². The predicted molar refractivity (Wildman–Crippen MR) is 340 cm³/mol. The fourth-order valence-electron chi connectivity index (χ4n) is 12.3. The molecule has 0 aromatic heterocycles. The normalized spacial score (nSPS) is 27.1. The van der Waals surface area contributed by atoms with Gasteiger partial charge in [-0.05, 0) is 103 Å². The molecule has 17 atom stereocenters. The summed E-state index contributed by atoms with van der Waals surface area (Å²) in [6.45, 7) is 5.03. The van der Waals surface area contributed by atoms with Gasteiger partial charge in [0.15, 0.2) is 0 Å². The molecule has 0 saturated heterocycles. The molecule has 3 saturated carbocycles. The minimum atomic E-state index is -3.81. The molecule has 30 nitrogen and oxygen atoms in total.